The summed E-state index contributed by atoms with van der Waals surface area (Å²) in [4.78, 5) is 12.6. The predicted octanol–water partition coefficient (Wildman–Crippen LogP) is 1.45. The molecular weight excluding hydrogens is 256 g/mol. The van der Waals surface area contributed by atoms with E-state index < -0.39 is 0 Å². The zero-order valence-electron chi connectivity index (χ0n) is 11.2. The van der Waals surface area contributed by atoms with Gasteiger partial charge in [0, 0.05) is 30.6 Å². The smallest absolute Gasteiger partial charge is 0.254 e. The molecule has 102 valence electrons. The number of hydrogen-bond acceptors (Lipinski definition) is 6. The van der Waals surface area contributed by atoms with E-state index in [-0.39, 0.29) is 0 Å². The fraction of sp³-hybridized carbons (Fsp3) is 0.231. The minimum Gasteiger partial charge on any atom is -0.481 e. The lowest BCUT2D eigenvalue weighted by Crippen LogP contribution is -2.07. The summed E-state index contributed by atoms with van der Waals surface area (Å²) in [5.74, 6) is 2.04. The van der Waals surface area contributed by atoms with Crippen LogP contribution < -0.4 is 10.1 Å². The second-order valence-electron chi connectivity index (χ2n) is 4.32. The van der Waals surface area contributed by atoms with Crippen molar-refractivity contribution in [3.05, 3.63) is 42.0 Å². The van der Waals surface area contributed by atoms with Crippen molar-refractivity contribution in [2.75, 3.05) is 12.4 Å². The van der Waals surface area contributed by atoms with Gasteiger partial charge in [-0.15, -0.1) is 0 Å². The third-order valence-corrected chi connectivity index (χ3v) is 2.86. The standard InChI is InChI=1S/C13H14N6O/c1-9-5-11(19-13(18-9)16-8-17-19)14-6-10-3-4-12(20-2)15-7-10/h3-5,7-8,14H,6H2,1-2H3. The quantitative estimate of drug-likeness (QED) is 0.773. The first-order chi connectivity index (χ1) is 9.76. The van der Waals surface area contributed by atoms with Crippen LogP contribution in [0.5, 0.6) is 5.88 Å². The van der Waals surface area contributed by atoms with Crippen LogP contribution in [0.25, 0.3) is 5.78 Å². The van der Waals surface area contributed by atoms with Crippen LogP contribution in [0, 0.1) is 6.92 Å². The van der Waals surface area contributed by atoms with E-state index in [4.69, 9.17) is 4.74 Å². The Labute approximate surface area is 115 Å². The second-order valence-corrected chi connectivity index (χ2v) is 4.32. The van der Waals surface area contributed by atoms with Crippen LogP contribution in [0.1, 0.15) is 11.3 Å². The van der Waals surface area contributed by atoms with Gasteiger partial charge in [0.25, 0.3) is 5.78 Å². The number of hydrogen-bond donors (Lipinski definition) is 1. The molecule has 0 aliphatic heterocycles. The number of aryl methyl sites for hydroxylation is 1. The lowest BCUT2D eigenvalue weighted by molar-refractivity contribution is 0.397. The topological polar surface area (TPSA) is 77.2 Å². The van der Waals surface area contributed by atoms with Gasteiger partial charge in [0.2, 0.25) is 5.88 Å². The maximum atomic E-state index is 5.03. The maximum Gasteiger partial charge on any atom is 0.254 e. The summed E-state index contributed by atoms with van der Waals surface area (Å²) in [7, 11) is 1.60. The summed E-state index contributed by atoms with van der Waals surface area (Å²) < 4.78 is 6.70. The summed E-state index contributed by atoms with van der Waals surface area (Å²) >= 11 is 0. The molecule has 3 heterocycles. The van der Waals surface area contributed by atoms with E-state index in [1.54, 1.807) is 17.8 Å². The van der Waals surface area contributed by atoms with Gasteiger partial charge in [0.15, 0.2) is 0 Å². The van der Waals surface area contributed by atoms with Crippen LogP contribution in [-0.2, 0) is 6.54 Å². The van der Waals surface area contributed by atoms with E-state index in [1.165, 1.54) is 6.33 Å². The molecule has 0 fully saturated rings. The second kappa shape index (κ2) is 5.12. The van der Waals surface area contributed by atoms with E-state index >= 15 is 0 Å². The average Bonchev–Trinajstić information content (AvgIpc) is 2.93. The lowest BCUT2D eigenvalue weighted by Gasteiger charge is -2.08. The van der Waals surface area contributed by atoms with Crippen molar-refractivity contribution in [2.24, 2.45) is 0 Å². The first-order valence-electron chi connectivity index (χ1n) is 6.16. The lowest BCUT2D eigenvalue weighted by atomic mass is 10.3. The number of anilines is 1. The van der Waals surface area contributed by atoms with Gasteiger partial charge >= 0.3 is 0 Å². The molecule has 7 nitrogen and oxygen atoms in total. The number of fused-ring (bicyclic) bond motifs is 1. The summed E-state index contributed by atoms with van der Waals surface area (Å²) in [6, 6.07) is 5.73. The highest BCUT2D eigenvalue weighted by Crippen LogP contribution is 2.12. The maximum absolute atomic E-state index is 5.03. The molecule has 3 rings (SSSR count). The number of ether oxygens (including phenoxy) is 1. The molecule has 0 saturated carbocycles. The van der Waals surface area contributed by atoms with E-state index in [0.717, 1.165) is 17.1 Å². The van der Waals surface area contributed by atoms with Crippen LogP contribution in [0.2, 0.25) is 0 Å². The van der Waals surface area contributed by atoms with Gasteiger partial charge in [-0.2, -0.15) is 14.6 Å². The van der Waals surface area contributed by atoms with Crippen LogP contribution in [0.4, 0.5) is 5.82 Å². The third-order valence-electron chi connectivity index (χ3n) is 2.86. The van der Waals surface area contributed by atoms with Gasteiger partial charge in [0.1, 0.15) is 12.1 Å². The molecule has 0 aliphatic carbocycles. The van der Waals surface area contributed by atoms with Crippen molar-refractivity contribution >= 4 is 11.6 Å². The Hall–Kier alpha value is -2.70. The molecule has 1 N–H and O–H groups in total. The molecule has 0 bridgehead atoms. The van der Waals surface area contributed by atoms with Gasteiger partial charge < -0.3 is 10.1 Å². The van der Waals surface area contributed by atoms with Crippen molar-refractivity contribution in [1.82, 2.24) is 24.6 Å². The zero-order chi connectivity index (χ0) is 13.9. The fourth-order valence-electron chi connectivity index (χ4n) is 1.89. The molecule has 0 amide bonds. The molecule has 0 aromatic carbocycles. The minimum absolute atomic E-state index is 0.584. The van der Waals surface area contributed by atoms with Crippen LogP contribution in [0.3, 0.4) is 0 Å². The first-order valence-corrected chi connectivity index (χ1v) is 6.16. The summed E-state index contributed by atoms with van der Waals surface area (Å²) in [5.41, 5.74) is 1.94. The van der Waals surface area contributed by atoms with Gasteiger partial charge in [-0.1, -0.05) is 6.07 Å². The largest absolute Gasteiger partial charge is 0.481 e. The van der Waals surface area contributed by atoms with Crippen LogP contribution in [-0.4, -0.2) is 31.7 Å². The molecule has 7 heteroatoms. The Kier molecular flexibility index (Phi) is 3.16. The fourth-order valence-corrected chi connectivity index (χ4v) is 1.89. The third kappa shape index (κ3) is 2.37. The zero-order valence-corrected chi connectivity index (χ0v) is 11.2. The molecular formula is C13H14N6O. The van der Waals surface area contributed by atoms with E-state index in [0.29, 0.717) is 18.2 Å². The highest BCUT2D eigenvalue weighted by atomic mass is 16.5. The Balaban J connectivity index is 1.80. The molecule has 0 unspecified atom stereocenters. The van der Waals surface area contributed by atoms with E-state index in [2.05, 4.69) is 25.4 Å². The summed E-state index contributed by atoms with van der Waals surface area (Å²) in [6.07, 6.45) is 3.26. The average molecular weight is 270 g/mol. The molecule has 0 aliphatic rings. The summed E-state index contributed by atoms with van der Waals surface area (Å²) in [6.45, 7) is 2.56. The van der Waals surface area contributed by atoms with Gasteiger partial charge in [0.05, 0.1) is 7.11 Å². The van der Waals surface area contributed by atoms with Crippen molar-refractivity contribution < 1.29 is 4.74 Å². The minimum atomic E-state index is 0.584. The van der Waals surface area contributed by atoms with Crippen molar-refractivity contribution in [3.8, 4) is 5.88 Å². The molecule has 0 atom stereocenters. The number of pyridine rings is 1. The molecule has 0 spiro atoms. The van der Waals surface area contributed by atoms with E-state index in [9.17, 15) is 0 Å². The van der Waals surface area contributed by atoms with E-state index in [1.807, 2.05) is 25.1 Å². The van der Waals surface area contributed by atoms with Crippen molar-refractivity contribution in [2.45, 2.75) is 13.5 Å². The van der Waals surface area contributed by atoms with Crippen molar-refractivity contribution in [3.63, 3.8) is 0 Å². The number of aromatic nitrogens is 5. The van der Waals surface area contributed by atoms with Gasteiger partial charge in [-0.25, -0.2) is 9.97 Å². The van der Waals surface area contributed by atoms with Crippen molar-refractivity contribution in [1.29, 1.82) is 0 Å². The van der Waals surface area contributed by atoms with Gasteiger partial charge in [-0.3, -0.25) is 0 Å². The predicted molar refractivity (Wildman–Crippen MR) is 73.6 cm³/mol. The molecule has 0 radical (unpaired) electrons. The SMILES string of the molecule is COc1ccc(CNc2cc(C)nc3ncnn23)cn1. The monoisotopic (exact) mass is 270 g/mol. The van der Waals surface area contributed by atoms with Crippen LogP contribution in [0.15, 0.2) is 30.7 Å². The Morgan fingerprint density at radius 3 is 2.95 bits per heavy atom. The Bertz CT molecular complexity index is 721. The highest BCUT2D eigenvalue weighted by Gasteiger charge is 2.05. The highest BCUT2D eigenvalue weighted by molar-refractivity contribution is 5.45. The summed E-state index contributed by atoms with van der Waals surface area (Å²) in [5, 5.41) is 7.45. The molecule has 3 aromatic rings. The Morgan fingerprint density at radius 1 is 1.30 bits per heavy atom. The van der Waals surface area contributed by atoms with Crippen LogP contribution >= 0.6 is 0 Å². The number of nitrogens with zero attached hydrogens (tertiary/aromatic N) is 5. The normalized spacial score (nSPS) is 10.7. The molecule has 20 heavy (non-hydrogen) atoms. The first kappa shape index (κ1) is 12.3. The number of rotatable bonds is 4. The van der Waals surface area contributed by atoms with Gasteiger partial charge in [-0.05, 0) is 12.5 Å². The Morgan fingerprint density at radius 2 is 2.20 bits per heavy atom. The molecule has 0 saturated heterocycles. The number of methoxy groups -OCH3 is 1. The number of nitrogens with one attached hydrogen (secondary N) is 1. The molecule has 3 aromatic heterocycles.